The summed E-state index contributed by atoms with van der Waals surface area (Å²) in [5, 5.41) is 3.12. The molecule has 0 spiro atoms. The molecule has 0 radical (unpaired) electrons. The number of nitrogens with zero attached hydrogens (tertiary/aromatic N) is 2. The molecule has 1 aliphatic rings. The van der Waals surface area contributed by atoms with Gasteiger partial charge in [0.05, 0.1) is 17.4 Å². The van der Waals surface area contributed by atoms with Crippen molar-refractivity contribution in [1.82, 2.24) is 4.98 Å². The van der Waals surface area contributed by atoms with Crippen LogP contribution in [0.5, 0.6) is 0 Å². The summed E-state index contributed by atoms with van der Waals surface area (Å²) in [5.41, 5.74) is 7.16. The number of carbonyl (C=O) groups is 1. The third kappa shape index (κ3) is 3.38. The van der Waals surface area contributed by atoms with Crippen LogP contribution >= 0.6 is 0 Å². The number of rotatable bonds is 4. The van der Waals surface area contributed by atoms with Gasteiger partial charge in [0, 0.05) is 24.1 Å². The molecule has 0 unspecified atom stereocenters. The van der Waals surface area contributed by atoms with Gasteiger partial charge < -0.3 is 10.2 Å². The lowest BCUT2D eigenvalue weighted by Crippen LogP contribution is -2.17. The van der Waals surface area contributed by atoms with Crippen molar-refractivity contribution in [2.45, 2.75) is 33.1 Å². The van der Waals surface area contributed by atoms with Gasteiger partial charge in [-0.1, -0.05) is 50.2 Å². The molecule has 1 aliphatic heterocycles. The lowest BCUT2D eigenvalue weighted by Gasteiger charge is -2.20. The average Bonchev–Trinajstić information content (AvgIpc) is 3.13. The average molecular weight is 371 g/mol. The first-order chi connectivity index (χ1) is 13.5. The number of pyridine rings is 1. The van der Waals surface area contributed by atoms with E-state index in [-0.39, 0.29) is 5.91 Å². The quantitative estimate of drug-likeness (QED) is 0.662. The van der Waals surface area contributed by atoms with Gasteiger partial charge in [0.25, 0.3) is 5.91 Å². The van der Waals surface area contributed by atoms with E-state index in [2.05, 4.69) is 53.3 Å². The van der Waals surface area contributed by atoms with Crippen molar-refractivity contribution in [1.29, 1.82) is 0 Å². The van der Waals surface area contributed by atoms with E-state index in [1.807, 2.05) is 37.4 Å². The van der Waals surface area contributed by atoms with Crippen LogP contribution in [0.3, 0.4) is 0 Å². The zero-order valence-corrected chi connectivity index (χ0v) is 16.6. The maximum atomic E-state index is 13.0. The zero-order chi connectivity index (χ0) is 19.7. The minimum Gasteiger partial charge on any atom is -0.340 e. The fourth-order valence-electron chi connectivity index (χ4n) is 3.83. The molecular formula is C24H25N3O. The molecule has 3 aromatic rings. The first kappa shape index (κ1) is 18.2. The Morgan fingerprint density at radius 2 is 1.93 bits per heavy atom. The van der Waals surface area contributed by atoms with Gasteiger partial charge >= 0.3 is 0 Å². The van der Waals surface area contributed by atoms with Gasteiger partial charge in [-0.2, -0.15) is 0 Å². The Morgan fingerprint density at radius 3 is 2.75 bits per heavy atom. The number of aromatic nitrogens is 1. The highest BCUT2D eigenvalue weighted by atomic mass is 16.1. The lowest BCUT2D eigenvalue weighted by molar-refractivity contribution is 0.102. The molecule has 4 heteroatoms. The Labute approximate surface area is 166 Å². The van der Waals surface area contributed by atoms with Crippen molar-refractivity contribution in [3.63, 3.8) is 0 Å². The zero-order valence-electron chi connectivity index (χ0n) is 16.6. The number of carbonyl (C=O) groups excluding carboxylic acids is 1. The predicted molar refractivity (Wildman–Crippen MR) is 115 cm³/mol. The second-order valence-electron chi connectivity index (χ2n) is 7.61. The molecule has 4 rings (SSSR count). The number of para-hydroxylation sites is 2. The molecule has 0 atom stereocenters. The van der Waals surface area contributed by atoms with E-state index in [1.54, 1.807) is 6.20 Å². The topological polar surface area (TPSA) is 45.2 Å². The van der Waals surface area contributed by atoms with Gasteiger partial charge in [-0.25, -0.2) is 0 Å². The molecule has 142 valence electrons. The lowest BCUT2D eigenvalue weighted by atomic mass is 9.98. The minimum absolute atomic E-state index is 0.127. The number of hydrogen-bond donors (Lipinski definition) is 1. The van der Waals surface area contributed by atoms with Crippen molar-refractivity contribution in [3.05, 3.63) is 83.2 Å². The molecule has 0 bridgehead atoms. The summed E-state index contributed by atoms with van der Waals surface area (Å²) in [7, 11) is 0. The van der Waals surface area contributed by atoms with E-state index in [9.17, 15) is 4.79 Å². The Morgan fingerprint density at radius 1 is 1.11 bits per heavy atom. The Bertz CT molecular complexity index is 1030. The van der Waals surface area contributed by atoms with Crippen molar-refractivity contribution >= 4 is 23.0 Å². The Kier molecular flexibility index (Phi) is 4.86. The fraction of sp³-hybridized carbons (Fsp3) is 0.250. The molecule has 0 saturated carbocycles. The van der Waals surface area contributed by atoms with E-state index in [0.29, 0.717) is 11.5 Å². The number of hydrogen-bond acceptors (Lipinski definition) is 3. The molecule has 2 heterocycles. The maximum absolute atomic E-state index is 13.0. The first-order valence-corrected chi connectivity index (χ1v) is 9.76. The van der Waals surface area contributed by atoms with Gasteiger partial charge in [0.1, 0.15) is 0 Å². The van der Waals surface area contributed by atoms with Gasteiger partial charge in [-0.3, -0.25) is 9.78 Å². The van der Waals surface area contributed by atoms with E-state index < -0.39 is 0 Å². The van der Waals surface area contributed by atoms with Gasteiger partial charge in [0.15, 0.2) is 0 Å². The van der Waals surface area contributed by atoms with E-state index >= 15 is 0 Å². The van der Waals surface area contributed by atoms with Crippen LogP contribution in [-0.2, 0) is 6.42 Å². The third-order valence-corrected chi connectivity index (χ3v) is 5.35. The molecular weight excluding hydrogens is 346 g/mol. The Balaban J connectivity index is 1.62. The molecule has 1 N–H and O–H groups in total. The van der Waals surface area contributed by atoms with Crippen molar-refractivity contribution in [2.75, 3.05) is 16.8 Å². The second-order valence-corrected chi connectivity index (χ2v) is 7.61. The number of amides is 1. The number of aryl methyl sites for hydroxylation is 1. The van der Waals surface area contributed by atoms with Crippen LogP contribution in [0, 0.1) is 6.92 Å². The number of nitrogens with one attached hydrogen (secondary N) is 1. The standard InChI is InChI=1S/C24H25N3O/c1-16(2)21-9-6-7-17(3)23(21)26-24(28)19-13-20(15-25-14-19)27-12-11-18-8-4-5-10-22(18)27/h4-10,13-16H,11-12H2,1-3H3,(H,26,28). The number of benzene rings is 2. The van der Waals surface area contributed by atoms with Crippen LogP contribution in [0.2, 0.25) is 0 Å². The highest BCUT2D eigenvalue weighted by Gasteiger charge is 2.21. The summed E-state index contributed by atoms with van der Waals surface area (Å²) in [6.07, 6.45) is 4.47. The summed E-state index contributed by atoms with van der Waals surface area (Å²) in [4.78, 5) is 19.6. The predicted octanol–water partition coefficient (Wildman–Crippen LogP) is 5.46. The monoisotopic (exact) mass is 371 g/mol. The van der Waals surface area contributed by atoms with Crippen LogP contribution in [0.15, 0.2) is 60.9 Å². The van der Waals surface area contributed by atoms with Gasteiger partial charge in [0.2, 0.25) is 0 Å². The van der Waals surface area contributed by atoms with Crippen LogP contribution in [0.4, 0.5) is 17.1 Å². The van der Waals surface area contributed by atoms with E-state index in [1.165, 1.54) is 11.3 Å². The van der Waals surface area contributed by atoms with Crippen LogP contribution in [0.25, 0.3) is 0 Å². The maximum Gasteiger partial charge on any atom is 0.257 e. The second kappa shape index (κ2) is 7.47. The molecule has 1 amide bonds. The summed E-state index contributed by atoms with van der Waals surface area (Å²) >= 11 is 0. The molecule has 0 fully saturated rings. The van der Waals surface area contributed by atoms with Crippen molar-refractivity contribution in [2.24, 2.45) is 0 Å². The molecule has 1 aromatic heterocycles. The fourth-order valence-corrected chi connectivity index (χ4v) is 3.83. The largest absolute Gasteiger partial charge is 0.340 e. The summed E-state index contributed by atoms with van der Waals surface area (Å²) in [6.45, 7) is 7.20. The smallest absolute Gasteiger partial charge is 0.257 e. The summed E-state index contributed by atoms with van der Waals surface area (Å²) in [5.74, 6) is 0.207. The highest BCUT2D eigenvalue weighted by Crippen LogP contribution is 2.34. The van der Waals surface area contributed by atoms with Crippen molar-refractivity contribution in [3.8, 4) is 0 Å². The van der Waals surface area contributed by atoms with Gasteiger partial charge in [-0.15, -0.1) is 0 Å². The molecule has 0 aliphatic carbocycles. The summed E-state index contributed by atoms with van der Waals surface area (Å²) < 4.78 is 0. The molecule has 4 nitrogen and oxygen atoms in total. The molecule has 2 aromatic carbocycles. The number of anilines is 3. The highest BCUT2D eigenvalue weighted by molar-refractivity contribution is 6.05. The first-order valence-electron chi connectivity index (χ1n) is 9.76. The van der Waals surface area contributed by atoms with Gasteiger partial charge in [-0.05, 0) is 48.1 Å². The SMILES string of the molecule is Cc1cccc(C(C)C)c1NC(=O)c1cncc(N2CCc3ccccc32)c1. The Hall–Kier alpha value is -3.14. The minimum atomic E-state index is -0.127. The van der Waals surface area contributed by atoms with E-state index in [0.717, 1.165) is 35.5 Å². The normalized spacial score (nSPS) is 12.9. The summed E-state index contributed by atoms with van der Waals surface area (Å²) in [6, 6.07) is 16.5. The van der Waals surface area contributed by atoms with Crippen LogP contribution < -0.4 is 10.2 Å². The van der Waals surface area contributed by atoms with Crippen LogP contribution in [-0.4, -0.2) is 17.4 Å². The van der Waals surface area contributed by atoms with Crippen LogP contribution in [0.1, 0.15) is 46.8 Å². The molecule has 28 heavy (non-hydrogen) atoms. The van der Waals surface area contributed by atoms with E-state index in [4.69, 9.17) is 0 Å². The third-order valence-electron chi connectivity index (χ3n) is 5.35. The van der Waals surface area contributed by atoms with Crippen molar-refractivity contribution < 1.29 is 4.79 Å². The molecule has 0 saturated heterocycles. The number of fused-ring (bicyclic) bond motifs is 1.